The van der Waals surface area contributed by atoms with Crippen molar-refractivity contribution < 1.29 is 14.3 Å². The van der Waals surface area contributed by atoms with E-state index in [0.29, 0.717) is 12.3 Å². The molecule has 144 valence electrons. The lowest BCUT2D eigenvalue weighted by atomic mass is 10.1. The highest BCUT2D eigenvalue weighted by Gasteiger charge is 2.26. The summed E-state index contributed by atoms with van der Waals surface area (Å²) in [5.74, 6) is 0.253. The van der Waals surface area contributed by atoms with Crippen LogP contribution in [0.15, 0.2) is 42.5 Å². The summed E-state index contributed by atoms with van der Waals surface area (Å²) in [6.07, 6.45) is 0. The molecule has 2 rings (SSSR count). The Labute approximate surface area is 161 Å². The monoisotopic (exact) mass is 368 g/mol. The van der Waals surface area contributed by atoms with E-state index >= 15 is 0 Å². The van der Waals surface area contributed by atoms with E-state index < -0.39 is 6.04 Å². The standard InChI is InChI=1S/C22H28N2O3/c1-15-8-6-10-19(12-15)13-24(18(4)22(26)23-5)21(25)14-27-20-11-7-9-16(2)17(20)3/h6-12,18H,13-14H2,1-5H3,(H,23,26)/t18-/m0/s1. The van der Waals surface area contributed by atoms with Crippen LogP contribution in [0.5, 0.6) is 5.75 Å². The molecule has 0 unspecified atom stereocenters. The van der Waals surface area contributed by atoms with Gasteiger partial charge >= 0.3 is 0 Å². The molecule has 0 fully saturated rings. The first-order valence-corrected chi connectivity index (χ1v) is 9.09. The molecule has 5 heteroatoms. The third-order valence-electron chi connectivity index (χ3n) is 4.76. The van der Waals surface area contributed by atoms with Crippen LogP contribution < -0.4 is 10.1 Å². The van der Waals surface area contributed by atoms with E-state index in [4.69, 9.17) is 4.74 Å². The number of benzene rings is 2. The molecule has 2 amide bonds. The second-order valence-corrected chi connectivity index (χ2v) is 6.79. The van der Waals surface area contributed by atoms with Gasteiger partial charge in [-0.05, 0) is 50.5 Å². The zero-order chi connectivity index (χ0) is 20.0. The average molecular weight is 368 g/mol. The number of hydrogen-bond acceptors (Lipinski definition) is 3. The first-order valence-electron chi connectivity index (χ1n) is 9.09. The summed E-state index contributed by atoms with van der Waals surface area (Å²) in [5, 5.41) is 2.61. The largest absolute Gasteiger partial charge is 0.483 e. The van der Waals surface area contributed by atoms with Gasteiger partial charge in [0, 0.05) is 13.6 Å². The number of hydrogen-bond donors (Lipinski definition) is 1. The fourth-order valence-corrected chi connectivity index (χ4v) is 2.90. The van der Waals surface area contributed by atoms with Crippen LogP contribution in [0.2, 0.25) is 0 Å². The molecule has 0 aliphatic carbocycles. The zero-order valence-corrected chi connectivity index (χ0v) is 16.7. The topological polar surface area (TPSA) is 58.6 Å². The molecule has 0 spiro atoms. The van der Waals surface area contributed by atoms with E-state index in [1.165, 1.54) is 0 Å². The highest BCUT2D eigenvalue weighted by atomic mass is 16.5. The third kappa shape index (κ3) is 5.33. The lowest BCUT2D eigenvalue weighted by Crippen LogP contribution is -2.48. The molecule has 0 bridgehead atoms. The molecule has 2 aromatic rings. The Kier molecular flexibility index (Phi) is 6.99. The predicted molar refractivity (Wildman–Crippen MR) is 107 cm³/mol. The van der Waals surface area contributed by atoms with Crippen LogP contribution in [0.25, 0.3) is 0 Å². The van der Waals surface area contributed by atoms with Gasteiger partial charge in [-0.1, -0.05) is 42.0 Å². The number of carbonyl (C=O) groups is 2. The summed E-state index contributed by atoms with van der Waals surface area (Å²) in [7, 11) is 1.57. The van der Waals surface area contributed by atoms with Crippen molar-refractivity contribution >= 4 is 11.8 Å². The second kappa shape index (κ2) is 9.21. The minimum absolute atomic E-state index is 0.114. The molecule has 0 heterocycles. The Hall–Kier alpha value is -2.82. The maximum atomic E-state index is 12.9. The van der Waals surface area contributed by atoms with Crippen LogP contribution in [-0.2, 0) is 16.1 Å². The summed E-state index contributed by atoms with van der Waals surface area (Å²) in [5.41, 5.74) is 4.20. The van der Waals surface area contributed by atoms with E-state index in [1.54, 1.807) is 18.9 Å². The molecular formula is C22H28N2O3. The summed E-state index contributed by atoms with van der Waals surface area (Å²) >= 11 is 0. The minimum Gasteiger partial charge on any atom is -0.483 e. The van der Waals surface area contributed by atoms with Gasteiger partial charge in [0.15, 0.2) is 6.61 Å². The molecule has 2 aromatic carbocycles. The number of carbonyl (C=O) groups excluding carboxylic acids is 2. The average Bonchev–Trinajstić information content (AvgIpc) is 2.66. The molecular weight excluding hydrogens is 340 g/mol. The van der Waals surface area contributed by atoms with Gasteiger partial charge in [-0.3, -0.25) is 9.59 Å². The number of nitrogens with zero attached hydrogens (tertiary/aromatic N) is 1. The smallest absolute Gasteiger partial charge is 0.261 e. The third-order valence-corrected chi connectivity index (χ3v) is 4.76. The molecule has 0 aliphatic rings. The molecule has 27 heavy (non-hydrogen) atoms. The highest BCUT2D eigenvalue weighted by molar-refractivity contribution is 5.87. The SMILES string of the molecule is CNC(=O)[C@H](C)N(Cc1cccc(C)c1)C(=O)COc1cccc(C)c1C. The van der Waals surface area contributed by atoms with Crippen molar-refractivity contribution in [3.05, 3.63) is 64.7 Å². The lowest BCUT2D eigenvalue weighted by molar-refractivity contribution is -0.142. The number of nitrogens with one attached hydrogen (secondary N) is 1. The van der Waals surface area contributed by atoms with Crippen molar-refractivity contribution in [1.82, 2.24) is 10.2 Å². The van der Waals surface area contributed by atoms with Crippen molar-refractivity contribution in [3.63, 3.8) is 0 Å². The van der Waals surface area contributed by atoms with Crippen LogP contribution in [0.3, 0.4) is 0 Å². The molecule has 0 aliphatic heterocycles. The number of rotatable bonds is 7. The first kappa shape index (κ1) is 20.5. The molecule has 0 aromatic heterocycles. The first-order chi connectivity index (χ1) is 12.8. The fraction of sp³-hybridized carbons (Fsp3) is 0.364. The predicted octanol–water partition coefficient (Wildman–Crippen LogP) is 3.15. The minimum atomic E-state index is -0.592. The fourth-order valence-electron chi connectivity index (χ4n) is 2.90. The second-order valence-electron chi connectivity index (χ2n) is 6.79. The Morgan fingerprint density at radius 1 is 1.11 bits per heavy atom. The van der Waals surface area contributed by atoms with E-state index in [0.717, 1.165) is 22.3 Å². The van der Waals surface area contributed by atoms with Crippen molar-refractivity contribution in [1.29, 1.82) is 0 Å². The molecule has 1 atom stereocenters. The van der Waals surface area contributed by atoms with E-state index in [-0.39, 0.29) is 18.4 Å². The maximum Gasteiger partial charge on any atom is 0.261 e. The number of amides is 2. The van der Waals surface area contributed by atoms with E-state index in [1.807, 2.05) is 63.2 Å². The van der Waals surface area contributed by atoms with Crippen molar-refractivity contribution in [2.24, 2.45) is 0 Å². The Morgan fingerprint density at radius 2 is 1.81 bits per heavy atom. The number of likely N-dealkylation sites (N-methyl/N-ethyl adjacent to an activating group) is 1. The summed E-state index contributed by atoms with van der Waals surface area (Å²) in [6.45, 7) is 7.93. The van der Waals surface area contributed by atoms with Gasteiger partial charge in [-0.2, -0.15) is 0 Å². The Morgan fingerprint density at radius 3 is 2.48 bits per heavy atom. The van der Waals surface area contributed by atoms with Gasteiger partial charge in [0.1, 0.15) is 11.8 Å². The van der Waals surface area contributed by atoms with Crippen LogP contribution in [0.1, 0.15) is 29.2 Å². The summed E-state index contributed by atoms with van der Waals surface area (Å²) in [4.78, 5) is 26.6. The number of aryl methyl sites for hydroxylation is 2. The van der Waals surface area contributed by atoms with Gasteiger partial charge in [0.05, 0.1) is 0 Å². The molecule has 0 saturated heterocycles. The van der Waals surface area contributed by atoms with Crippen molar-refractivity contribution in [2.75, 3.05) is 13.7 Å². The van der Waals surface area contributed by atoms with Gasteiger partial charge in [0.2, 0.25) is 5.91 Å². The Balaban J connectivity index is 2.17. The summed E-state index contributed by atoms with van der Waals surface area (Å²) < 4.78 is 5.76. The van der Waals surface area contributed by atoms with Crippen LogP contribution >= 0.6 is 0 Å². The van der Waals surface area contributed by atoms with Gasteiger partial charge in [-0.25, -0.2) is 0 Å². The normalized spacial score (nSPS) is 11.6. The zero-order valence-electron chi connectivity index (χ0n) is 16.7. The van der Waals surface area contributed by atoms with Gasteiger partial charge in [0.25, 0.3) is 5.91 Å². The molecule has 5 nitrogen and oxygen atoms in total. The number of ether oxygens (including phenoxy) is 1. The molecule has 0 saturated carbocycles. The van der Waals surface area contributed by atoms with E-state index in [9.17, 15) is 9.59 Å². The van der Waals surface area contributed by atoms with Crippen molar-refractivity contribution in [3.8, 4) is 5.75 Å². The van der Waals surface area contributed by atoms with Gasteiger partial charge in [-0.15, -0.1) is 0 Å². The Bertz CT molecular complexity index is 817. The van der Waals surface area contributed by atoms with Crippen LogP contribution in [0.4, 0.5) is 0 Å². The lowest BCUT2D eigenvalue weighted by Gasteiger charge is -2.28. The maximum absolute atomic E-state index is 12.9. The summed E-state index contributed by atoms with van der Waals surface area (Å²) in [6, 6.07) is 13.1. The van der Waals surface area contributed by atoms with E-state index in [2.05, 4.69) is 5.32 Å². The van der Waals surface area contributed by atoms with Crippen molar-refractivity contribution in [2.45, 2.75) is 40.3 Å². The molecule has 1 N–H and O–H groups in total. The van der Waals surface area contributed by atoms with Gasteiger partial charge < -0.3 is 15.0 Å². The van der Waals surface area contributed by atoms with Crippen LogP contribution in [-0.4, -0.2) is 36.4 Å². The highest BCUT2D eigenvalue weighted by Crippen LogP contribution is 2.21. The van der Waals surface area contributed by atoms with Crippen LogP contribution in [0, 0.1) is 20.8 Å². The quantitative estimate of drug-likeness (QED) is 0.817. The molecule has 0 radical (unpaired) electrons.